The minimum atomic E-state index is -3.71. The van der Waals surface area contributed by atoms with Crippen LogP contribution in [-0.4, -0.2) is 73.1 Å². The van der Waals surface area contributed by atoms with Gasteiger partial charge in [-0.2, -0.15) is 0 Å². The van der Waals surface area contributed by atoms with Crippen LogP contribution in [0.1, 0.15) is 18.9 Å². The molecule has 1 N–H and O–H groups in total. The van der Waals surface area contributed by atoms with Crippen LogP contribution < -0.4 is 10.9 Å². The summed E-state index contributed by atoms with van der Waals surface area (Å²) in [5.41, 5.74) is 3.50. The van der Waals surface area contributed by atoms with E-state index in [1.54, 1.807) is 6.07 Å². The summed E-state index contributed by atoms with van der Waals surface area (Å²) in [5, 5.41) is 2.85. The first-order valence-corrected chi connectivity index (χ1v) is 13.8. The van der Waals surface area contributed by atoms with Crippen molar-refractivity contribution < 1.29 is 17.9 Å². The van der Waals surface area contributed by atoms with Crippen LogP contribution in [0, 0.1) is 0 Å². The number of nitrogens with one attached hydrogen (secondary N) is 1. The number of fused-ring (bicyclic) bond motifs is 1. The van der Waals surface area contributed by atoms with Crippen LogP contribution in [0.3, 0.4) is 0 Å². The van der Waals surface area contributed by atoms with Gasteiger partial charge < -0.3 is 10.1 Å². The number of sulfone groups is 1. The lowest BCUT2D eigenvalue weighted by molar-refractivity contribution is -0.123. The van der Waals surface area contributed by atoms with Crippen molar-refractivity contribution >= 4 is 26.6 Å². The van der Waals surface area contributed by atoms with E-state index in [0.29, 0.717) is 10.9 Å². The highest BCUT2D eigenvalue weighted by Crippen LogP contribution is 2.24. The van der Waals surface area contributed by atoms with Crippen molar-refractivity contribution in [2.75, 3.05) is 39.6 Å². The zero-order valence-corrected chi connectivity index (χ0v) is 21.7. The number of nitrogens with zero attached hydrogens (tertiary/aromatic N) is 3. The third-order valence-electron chi connectivity index (χ3n) is 6.98. The second-order valence-electron chi connectivity index (χ2n) is 9.39. The van der Waals surface area contributed by atoms with Crippen LogP contribution in [0.5, 0.6) is 0 Å². The first-order valence-electron chi connectivity index (χ1n) is 11.9. The highest BCUT2D eigenvalue weighted by atomic mass is 32.2. The molecule has 4 rings (SSSR count). The summed E-state index contributed by atoms with van der Waals surface area (Å²) in [6, 6.07) is 13.9. The van der Waals surface area contributed by atoms with E-state index in [9.17, 15) is 18.0 Å². The summed E-state index contributed by atoms with van der Waals surface area (Å²) < 4.78 is 29.7. The number of aromatic nitrogens is 2. The predicted octanol–water partition coefficient (Wildman–Crippen LogP) is 1.84. The molecule has 9 nitrogen and oxygen atoms in total. The van der Waals surface area contributed by atoms with E-state index in [1.165, 1.54) is 30.4 Å². The number of hydrogen-bond acceptors (Lipinski definition) is 7. The fourth-order valence-corrected chi connectivity index (χ4v) is 5.28. The number of carbonyl (C=O) groups excluding carboxylic acids is 1. The van der Waals surface area contributed by atoms with Crippen LogP contribution in [-0.2, 0) is 32.5 Å². The van der Waals surface area contributed by atoms with Gasteiger partial charge in [-0.25, -0.2) is 13.4 Å². The molecule has 1 amide bonds. The Morgan fingerprint density at radius 3 is 2.42 bits per heavy atom. The van der Waals surface area contributed by atoms with Gasteiger partial charge in [0, 0.05) is 39.5 Å². The van der Waals surface area contributed by atoms with Gasteiger partial charge in [0.2, 0.25) is 5.91 Å². The van der Waals surface area contributed by atoms with Gasteiger partial charge in [0.15, 0.2) is 9.84 Å². The molecule has 0 saturated carbocycles. The number of amides is 1. The fraction of sp³-hybridized carbons (Fsp3) is 0.423. The van der Waals surface area contributed by atoms with Crippen molar-refractivity contribution in [3.8, 4) is 11.1 Å². The number of hydrogen-bond donors (Lipinski definition) is 1. The Bertz CT molecular complexity index is 1410. The van der Waals surface area contributed by atoms with Crippen LogP contribution in [0.2, 0.25) is 0 Å². The molecular weight excluding hydrogens is 480 g/mol. The Morgan fingerprint density at radius 2 is 1.78 bits per heavy atom. The molecule has 0 aliphatic carbocycles. The van der Waals surface area contributed by atoms with Crippen LogP contribution in [0.25, 0.3) is 22.0 Å². The lowest BCUT2D eigenvalue weighted by atomic mass is 10.0. The molecule has 1 fully saturated rings. The van der Waals surface area contributed by atoms with Gasteiger partial charge in [0.05, 0.1) is 30.4 Å². The van der Waals surface area contributed by atoms with Crippen molar-refractivity contribution in [3.05, 3.63) is 64.7 Å². The second-order valence-corrected chi connectivity index (χ2v) is 11.8. The summed E-state index contributed by atoms with van der Waals surface area (Å²) in [6.45, 7) is 5.73. The molecule has 1 saturated heterocycles. The third kappa shape index (κ3) is 5.35. The molecule has 0 radical (unpaired) electrons. The number of aryl methyl sites for hydroxylation is 1. The van der Waals surface area contributed by atoms with Gasteiger partial charge in [-0.15, -0.1) is 0 Å². The molecule has 1 atom stereocenters. The van der Waals surface area contributed by atoms with Crippen molar-refractivity contribution in [3.63, 3.8) is 0 Å². The molecule has 0 bridgehead atoms. The molecule has 0 unspecified atom stereocenters. The largest absolute Gasteiger partial charge is 0.379 e. The van der Waals surface area contributed by atoms with E-state index in [2.05, 4.69) is 39.5 Å². The quantitative estimate of drug-likeness (QED) is 0.490. The molecule has 0 spiro atoms. The monoisotopic (exact) mass is 512 g/mol. The van der Waals surface area contributed by atoms with Crippen LogP contribution in [0.4, 0.5) is 0 Å². The summed E-state index contributed by atoms with van der Waals surface area (Å²) in [5.74, 6) is -0.604. The molecule has 10 heteroatoms. The summed E-state index contributed by atoms with van der Waals surface area (Å²) in [6.07, 6.45) is 2.39. The fourth-order valence-electron chi connectivity index (χ4n) is 4.38. The molecule has 36 heavy (non-hydrogen) atoms. The first-order chi connectivity index (χ1) is 17.1. The topological polar surface area (TPSA) is 111 Å². The molecule has 1 aliphatic rings. The highest BCUT2D eigenvalue weighted by Gasteiger charge is 2.42. The van der Waals surface area contributed by atoms with Crippen molar-refractivity contribution in [1.29, 1.82) is 0 Å². The normalized spacial score (nSPS) is 16.5. The Hall–Kier alpha value is -3.08. The minimum absolute atomic E-state index is 0.0467. The van der Waals surface area contributed by atoms with Gasteiger partial charge >= 0.3 is 0 Å². The standard InChI is InChI=1S/C26H32N4O5S/c1-26(25(32)27-2,36(3,33)34)10-11-30-18-28-23-16-21(8-9-22(23)24(30)31)20-6-4-19(5-7-20)17-29-12-14-35-15-13-29/h4-9,16,18H,10-15,17H2,1-3H3,(H,27,32)/t26-/m1/s1. The number of benzene rings is 2. The number of morpholine rings is 1. The Balaban J connectivity index is 1.53. The summed E-state index contributed by atoms with van der Waals surface area (Å²) >= 11 is 0. The third-order valence-corrected chi connectivity index (χ3v) is 9.00. The van der Waals surface area contributed by atoms with E-state index in [4.69, 9.17) is 4.74 Å². The average molecular weight is 513 g/mol. The van der Waals surface area contributed by atoms with Crippen molar-refractivity contribution in [2.45, 2.75) is 31.2 Å². The van der Waals surface area contributed by atoms with Gasteiger partial charge in [0.1, 0.15) is 4.75 Å². The number of rotatable bonds is 8. The average Bonchev–Trinajstić information content (AvgIpc) is 2.88. The van der Waals surface area contributed by atoms with E-state index in [-0.39, 0.29) is 18.5 Å². The molecule has 1 aromatic heterocycles. The summed E-state index contributed by atoms with van der Waals surface area (Å²) in [7, 11) is -2.31. The molecule has 1 aliphatic heterocycles. The Kier molecular flexibility index (Phi) is 7.58. The van der Waals surface area contributed by atoms with Crippen molar-refractivity contribution in [2.24, 2.45) is 0 Å². The zero-order chi connectivity index (χ0) is 25.9. The van der Waals surface area contributed by atoms with E-state index in [1.807, 2.05) is 12.1 Å². The van der Waals surface area contributed by atoms with E-state index < -0.39 is 20.5 Å². The van der Waals surface area contributed by atoms with E-state index in [0.717, 1.165) is 50.2 Å². The van der Waals surface area contributed by atoms with E-state index >= 15 is 0 Å². The van der Waals surface area contributed by atoms with Gasteiger partial charge in [-0.05, 0) is 42.2 Å². The van der Waals surface area contributed by atoms with Crippen LogP contribution >= 0.6 is 0 Å². The number of ether oxygens (including phenoxy) is 1. The Morgan fingerprint density at radius 1 is 1.11 bits per heavy atom. The maximum Gasteiger partial charge on any atom is 0.261 e. The van der Waals surface area contributed by atoms with Gasteiger partial charge in [0.25, 0.3) is 5.56 Å². The SMILES string of the molecule is CNC(=O)[C@@](C)(CCn1cnc2cc(-c3ccc(CN4CCOCC4)cc3)ccc2c1=O)S(C)(=O)=O. The summed E-state index contributed by atoms with van der Waals surface area (Å²) in [4.78, 5) is 32.2. The van der Waals surface area contributed by atoms with Gasteiger partial charge in [-0.1, -0.05) is 30.3 Å². The van der Waals surface area contributed by atoms with Crippen molar-refractivity contribution in [1.82, 2.24) is 19.8 Å². The first kappa shape index (κ1) is 26.0. The predicted molar refractivity (Wildman–Crippen MR) is 139 cm³/mol. The smallest absolute Gasteiger partial charge is 0.261 e. The lowest BCUT2D eigenvalue weighted by Gasteiger charge is -2.26. The molecule has 2 aromatic carbocycles. The molecular formula is C26H32N4O5S. The molecule has 2 heterocycles. The van der Waals surface area contributed by atoms with Gasteiger partial charge in [-0.3, -0.25) is 19.1 Å². The molecule has 3 aromatic rings. The number of carbonyl (C=O) groups is 1. The Labute approximate surface area is 211 Å². The van der Waals surface area contributed by atoms with Crippen LogP contribution in [0.15, 0.2) is 53.6 Å². The highest BCUT2D eigenvalue weighted by molar-refractivity contribution is 7.92. The maximum absolute atomic E-state index is 13.1. The second kappa shape index (κ2) is 10.5. The molecule has 192 valence electrons. The zero-order valence-electron chi connectivity index (χ0n) is 20.9. The maximum atomic E-state index is 13.1. The minimum Gasteiger partial charge on any atom is -0.379 e. The lowest BCUT2D eigenvalue weighted by Crippen LogP contribution is -2.49.